The third-order valence-electron chi connectivity index (χ3n) is 6.45. The summed E-state index contributed by atoms with van der Waals surface area (Å²) in [6.07, 6.45) is 1.86. The number of pyridine rings is 2. The number of oxazole rings is 1. The fourth-order valence-electron chi connectivity index (χ4n) is 4.56. The van der Waals surface area contributed by atoms with Crippen molar-refractivity contribution in [2.24, 2.45) is 4.99 Å². The summed E-state index contributed by atoms with van der Waals surface area (Å²) < 4.78 is 17.1. The van der Waals surface area contributed by atoms with Crippen molar-refractivity contribution in [2.45, 2.75) is 25.5 Å². The van der Waals surface area contributed by atoms with Crippen LogP contribution in [0.1, 0.15) is 17.7 Å². The van der Waals surface area contributed by atoms with Crippen LogP contribution < -0.4 is 15.1 Å². The number of carbonyl (C=O) groups excluding carboxylic acids is 1. The average molecular weight is 494 g/mol. The average Bonchev–Trinajstić information content (AvgIpc) is 3.63. The first-order chi connectivity index (χ1) is 17.5. The molecule has 0 aromatic carbocycles. The number of rotatable bonds is 5. The molecule has 12 nitrogen and oxygen atoms in total. The molecule has 36 heavy (non-hydrogen) atoms. The summed E-state index contributed by atoms with van der Waals surface area (Å²) in [6, 6.07) is 5.17. The smallest absolute Gasteiger partial charge is 0.300 e. The standard InChI is InChI=1S/C24H27N7O5/c1-14-10-15(2-4-25-14)23-27-18(13-35-23)22(33)26-17-11-19-20(28-21(17)31-5-3-16(32)12-31)29-24(36-19)30-6-8-34-9-7-30/h2,4,10-11,16,18,32H,3,5-9,12-13H2,1H3,(H,26,33). The zero-order valence-electron chi connectivity index (χ0n) is 19.9. The van der Waals surface area contributed by atoms with E-state index in [0.29, 0.717) is 80.5 Å². The lowest BCUT2D eigenvalue weighted by Crippen LogP contribution is -2.36. The Balaban J connectivity index is 1.29. The summed E-state index contributed by atoms with van der Waals surface area (Å²) in [6.45, 7) is 5.64. The number of fused-ring (bicyclic) bond motifs is 1. The highest BCUT2D eigenvalue weighted by atomic mass is 16.5. The van der Waals surface area contributed by atoms with Gasteiger partial charge in [-0.05, 0) is 25.5 Å². The number of nitrogens with zero attached hydrogens (tertiary/aromatic N) is 6. The molecule has 2 unspecified atom stereocenters. The second-order valence-corrected chi connectivity index (χ2v) is 9.10. The summed E-state index contributed by atoms with van der Waals surface area (Å²) in [7, 11) is 0. The molecule has 3 aromatic heterocycles. The highest BCUT2D eigenvalue weighted by Crippen LogP contribution is 2.33. The molecule has 6 heterocycles. The maximum absolute atomic E-state index is 13.2. The Morgan fingerprint density at radius 2 is 2.03 bits per heavy atom. The number of hydrogen-bond donors (Lipinski definition) is 2. The second-order valence-electron chi connectivity index (χ2n) is 9.10. The number of morpholine rings is 1. The first-order valence-electron chi connectivity index (χ1n) is 12.1. The van der Waals surface area contributed by atoms with E-state index in [4.69, 9.17) is 18.9 Å². The van der Waals surface area contributed by atoms with E-state index in [9.17, 15) is 9.90 Å². The lowest BCUT2D eigenvalue weighted by molar-refractivity contribution is -0.117. The zero-order valence-corrected chi connectivity index (χ0v) is 19.9. The number of nitrogens with one attached hydrogen (secondary N) is 1. The predicted molar refractivity (Wildman–Crippen MR) is 132 cm³/mol. The Labute approximate surface area is 206 Å². The molecule has 6 rings (SSSR count). The van der Waals surface area contributed by atoms with Gasteiger partial charge in [-0.15, -0.1) is 0 Å². The summed E-state index contributed by atoms with van der Waals surface area (Å²) in [5, 5.41) is 13.1. The summed E-state index contributed by atoms with van der Waals surface area (Å²) in [5.41, 5.74) is 3.02. The first-order valence-corrected chi connectivity index (χ1v) is 12.1. The molecule has 188 valence electrons. The molecule has 0 radical (unpaired) electrons. The Hall–Kier alpha value is -3.77. The number of β-amino-alcohol motifs (C(OH)–C–C–N with tert-alkyl or cyclic N) is 1. The van der Waals surface area contributed by atoms with E-state index in [0.717, 1.165) is 11.3 Å². The van der Waals surface area contributed by atoms with Crippen LogP contribution in [0.25, 0.3) is 11.2 Å². The van der Waals surface area contributed by atoms with E-state index in [1.54, 1.807) is 18.3 Å². The predicted octanol–water partition coefficient (Wildman–Crippen LogP) is 1.12. The van der Waals surface area contributed by atoms with Crippen molar-refractivity contribution in [1.29, 1.82) is 0 Å². The van der Waals surface area contributed by atoms with E-state index in [1.807, 2.05) is 22.8 Å². The van der Waals surface area contributed by atoms with Crippen LogP contribution in [0.3, 0.4) is 0 Å². The molecule has 2 N–H and O–H groups in total. The molecule has 2 fully saturated rings. The number of ether oxygens (including phenoxy) is 2. The van der Waals surface area contributed by atoms with Crippen molar-refractivity contribution in [1.82, 2.24) is 15.0 Å². The molecule has 0 spiro atoms. The second kappa shape index (κ2) is 9.36. The van der Waals surface area contributed by atoms with Crippen LogP contribution >= 0.6 is 0 Å². The number of amides is 1. The normalized spacial score (nSPS) is 22.1. The maximum Gasteiger partial charge on any atom is 0.300 e. The number of carbonyl (C=O) groups is 1. The molecule has 0 aliphatic carbocycles. The van der Waals surface area contributed by atoms with Crippen LogP contribution in [0.4, 0.5) is 17.5 Å². The van der Waals surface area contributed by atoms with E-state index >= 15 is 0 Å². The van der Waals surface area contributed by atoms with Gasteiger partial charge in [0.15, 0.2) is 17.4 Å². The van der Waals surface area contributed by atoms with Gasteiger partial charge in [-0.3, -0.25) is 9.78 Å². The first kappa shape index (κ1) is 22.7. The van der Waals surface area contributed by atoms with Gasteiger partial charge in [-0.25, -0.2) is 9.98 Å². The van der Waals surface area contributed by atoms with Gasteiger partial charge < -0.3 is 34.1 Å². The van der Waals surface area contributed by atoms with Crippen LogP contribution in [-0.4, -0.2) is 90.0 Å². The molecule has 2 atom stereocenters. The van der Waals surface area contributed by atoms with E-state index in [2.05, 4.69) is 20.3 Å². The molecule has 3 aromatic rings. The third kappa shape index (κ3) is 4.44. The topological polar surface area (TPSA) is 138 Å². The minimum Gasteiger partial charge on any atom is -0.475 e. The SMILES string of the molecule is Cc1cc(C2=NC(C(=O)Nc3cc4oc(N5CCOCC5)nc4nc3N3CCC(O)C3)CO2)ccn1. The van der Waals surface area contributed by atoms with Crippen molar-refractivity contribution in [3.8, 4) is 0 Å². The molecule has 3 aliphatic rings. The number of aryl methyl sites for hydroxylation is 1. The summed E-state index contributed by atoms with van der Waals surface area (Å²) in [4.78, 5) is 35.1. The molecular formula is C24H27N7O5. The number of aliphatic hydroxyl groups is 1. The van der Waals surface area contributed by atoms with E-state index in [-0.39, 0.29) is 12.5 Å². The monoisotopic (exact) mass is 493 g/mol. The number of aromatic nitrogens is 3. The van der Waals surface area contributed by atoms with E-state index < -0.39 is 12.1 Å². The minimum absolute atomic E-state index is 0.138. The molecular weight excluding hydrogens is 466 g/mol. The largest absolute Gasteiger partial charge is 0.475 e. The number of hydrogen-bond acceptors (Lipinski definition) is 11. The Bertz CT molecular complexity index is 1320. The van der Waals surface area contributed by atoms with Gasteiger partial charge in [-0.2, -0.15) is 4.98 Å². The van der Waals surface area contributed by atoms with Crippen molar-refractivity contribution in [3.63, 3.8) is 0 Å². The van der Waals surface area contributed by atoms with E-state index in [1.165, 1.54) is 0 Å². The van der Waals surface area contributed by atoms with Crippen molar-refractivity contribution in [3.05, 3.63) is 35.7 Å². The molecule has 3 aliphatic heterocycles. The van der Waals surface area contributed by atoms with Gasteiger partial charge in [-0.1, -0.05) is 0 Å². The van der Waals surface area contributed by atoms with Gasteiger partial charge >= 0.3 is 0 Å². The molecule has 1 amide bonds. The van der Waals surface area contributed by atoms with Gasteiger partial charge in [0.25, 0.3) is 11.9 Å². The fraction of sp³-hybridized carbons (Fsp3) is 0.458. The number of aliphatic hydroxyl groups excluding tert-OH is 1. The van der Waals surface area contributed by atoms with Crippen LogP contribution in [0.2, 0.25) is 0 Å². The zero-order chi connectivity index (χ0) is 24.6. The van der Waals surface area contributed by atoms with Gasteiger partial charge in [0.1, 0.15) is 6.61 Å². The van der Waals surface area contributed by atoms with Crippen LogP contribution in [0.15, 0.2) is 33.8 Å². The van der Waals surface area contributed by atoms with Crippen molar-refractivity contribution in [2.75, 3.05) is 61.1 Å². The van der Waals surface area contributed by atoms with Crippen LogP contribution in [-0.2, 0) is 14.3 Å². The Morgan fingerprint density at radius 1 is 1.17 bits per heavy atom. The van der Waals surface area contributed by atoms with Crippen LogP contribution in [0.5, 0.6) is 0 Å². The minimum atomic E-state index is -0.708. The molecule has 2 saturated heterocycles. The Kier molecular flexibility index (Phi) is 5.89. The summed E-state index contributed by atoms with van der Waals surface area (Å²) >= 11 is 0. The molecule has 0 saturated carbocycles. The molecule has 0 bridgehead atoms. The van der Waals surface area contributed by atoms with Gasteiger partial charge in [0.05, 0.1) is 25.0 Å². The lowest BCUT2D eigenvalue weighted by atomic mass is 10.2. The lowest BCUT2D eigenvalue weighted by Gasteiger charge is -2.24. The summed E-state index contributed by atoms with van der Waals surface area (Å²) in [5.74, 6) is 0.649. The van der Waals surface area contributed by atoms with Gasteiger partial charge in [0, 0.05) is 49.7 Å². The van der Waals surface area contributed by atoms with Crippen molar-refractivity contribution >= 4 is 40.6 Å². The van der Waals surface area contributed by atoms with Gasteiger partial charge in [0.2, 0.25) is 11.5 Å². The van der Waals surface area contributed by atoms with Crippen LogP contribution in [0, 0.1) is 6.92 Å². The highest BCUT2D eigenvalue weighted by Gasteiger charge is 2.30. The number of aliphatic imine (C=N–C) groups is 1. The Morgan fingerprint density at radius 3 is 2.81 bits per heavy atom. The number of anilines is 3. The van der Waals surface area contributed by atoms with Crippen molar-refractivity contribution < 1.29 is 23.8 Å². The molecule has 12 heteroatoms. The maximum atomic E-state index is 13.2. The quantitative estimate of drug-likeness (QED) is 0.532. The fourth-order valence-corrected chi connectivity index (χ4v) is 4.56. The highest BCUT2D eigenvalue weighted by molar-refractivity contribution is 6.03. The third-order valence-corrected chi connectivity index (χ3v) is 6.45.